The first-order valence-corrected chi connectivity index (χ1v) is 7.10. The lowest BCUT2D eigenvalue weighted by molar-refractivity contribution is 0.211. The number of hydrogen-bond acceptors (Lipinski definition) is 3. The molecule has 0 radical (unpaired) electrons. The van der Waals surface area contributed by atoms with Crippen LogP contribution in [-0.2, 0) is 13.1 Å². The summed E-state index contributed by atoms with van der Waals surface area (Å²) in [4.78, 5) is 2.38. The number of benzene rings is 1. The van der Waals surface area contributed by atoms with Gasteiger partial charge in [0, 0.05) is 23.5 Å². The Labute approximate surface area is 114 Å². The molecule has 0 aliphatic heterocycles. The van der Waals surface area contributed by atoms with Crippen LogP contribution in [0.3, 0.4) is 0 Å². The van der Waals surface area contributed by atoms with Crippen LogP contribution in [0.5, 0.6) is 0 Å². The molecule has 19 heavy (non-hydrogen) atoms. The second-order valence-corrected chi connectivity index (χ2v) is 5.70. The molecule has 3 nitrogen and oxygen atoms in total. The molecule has 1 saturated carbocycles. The van der Waals surface area contributed by atoms with Crippen LogP contribution in [0.25, 0.3) is 11.0 Å². The molecule has 102 valence electrons. The minimum atomic E-state index is 0.540. The normalized spacial score (nSPS) is 17.3. The Morgan fingerprint density at radius 1 is 1.37 bits per heavy atom. The zero-order valence-corrected chi connectivity index (χ0v) is 11.7. The molecule has 1 fully saturated rings. The summed E-state index contributed by atoms with van der Waals surface area (Å²) in [5, 5.41) is 1.16. The first kappa shape index (κ1) is 12.7. The van der Waals surface area contributed by atoms with Gasteiger partial charge in [-0.25, -0.2) is 0 Å². The highest BCUT2D eigenvalue weighted by molar-refractivity contribution is 5.82. The van der Waals surface area contributed by atoms with E-state index in [1.54, 1.807) is 0 Å². The fraction of sp³-hybridized carbons (Fsp3) is 0.500. The van der Waals surface area contributed by atoms with Gasteiger partial charge in [0.2, 0.25) is 0 Å². The molecule has 2 N–H and O–H groups in total. The molecule has 1 aromatic carbocycles. The van der Waals surface area contributed by atoms with E-state index in [1.807, 2.05) is 18.2 Å². The van der Waals surface area contributed by atoms with Gasteiger partial charge < -0.3 is 10.2 Å². The lowest BCUT2D eigenvalue weighted by Crippen LogP contribution is -2.30. The fourth-order valence-electron chi connectivity index (χ4n) is 2.81. The summed E-state index contributed by atoms with van der Waals surface area (Å²) >= 11 is 0. The maximum Gasteiger partial charge on any atom is 0.134 e. The monoisotopic (exact) mass is 258 g/mol. The van der Waals surface area contributed by atoms with Crippen molar-refractivity contribution in [2.45, 2.75) is 38.9 Å². The predicted octanol–water partition coefficient (Wildman–Crippen LogP) is 3.12. The fourth-order valence-corrected chi connectivity index (χ4v) is 2.81. The van der Waals surface area contributed by atoms with Crippen LogP contribution >= 0.6 is 0 Å². The second-order valence-electron chi connectivity index (χ2n) is 5.70. The summed E-state index contributed by atoms with van der Waals surface area (Å²) in [7, 11) is 2.18. The van der Waals surface area contributed by atoms with Crippen molar-refractivity contribution >= 4 is 11.0 Å². The minimum absolute atomic E-state index is 0.540. The summed E-state index contributed by atoms with van der Waals surface area (Å²) in [5.74, 6) is 1.90. The lowest BCUT2D eigenvalue weighted by Gasteiger charge is -2.23. The van der Waals surface area contributed by atoms with E-state index < -0.39 is 0 Å². The summed E-state index contributed by atoms with van der Waals surface area (Å²) < 4.78 is 5.99. The van der Waals surface area contributed by atoms with Crippen LogP contribution in [0.1, 0.15) is 31.1 Å². The maximum absolute atomic E-state index is 5.99. The van der Waals surface area contributed by atoms with Crippen LogP contribution in [0.2, 0.25) is 0 Å². The van der Waals surface area contributed by atoms with E-state index in [9.17, 15) is 0 Å². The number of hydrogen-bond donors (Lipinski definition) is 1. The summed E-state index contributed by atoms with van der Waals surface area (Å²) in [5.41, 5.74) is 8.01. The van der Waals surface area contributed by atoms with Gasteiger partial charge in [-0.2, -0.15) is 0 Å². The Balaban J connectivity index is 1.87. The minimum Gasteiger partial charge on any atom is -0.459 e. The third-order valence-corrected chi connectivity index (χ3v) is 4.38. The highest BCUT2D eigenvalue weighted by atomic mass is 16.3. The highest BCUT2D eigenvalue weighted by Gasteiger charge is 2.31. The van der Waals surface area contributed by atoms with E-state index in [2.05, 4.69) is 24.9 Å². The smallest absolute Gasteiger partial charge is 0.134 e. The Morgan fingerprint density at radius 3 is 2.79 bits per heavy atom. The summed E-state index contributed by atoms with van der Waals surface area (Å²) in [6.45, 7) is 3.69. The summed E-state index contributed by atoms with van der Waals surface area (Å²) in [6, 6.07) is 8.78. The van der Waals surface area contributed by atoms with Gasteiger partial charge in [-0.05, 0) is 38.8 Å². The lowest BCUT2D eigenvalue weighted by atomic mass is 10.1. The Morgan fingerprint density at radius 2 is 2.11 bits per heavy atom. The molecule has 0 spiro atoms. The van der Waals surface area contributed by atoms with Gasteiger partial charge in [0.25, 0.3) is 0 Å². The van der Waals surface area contributed by atoms with E-state index >= 15 is 0 Å². The van der Waals surface area contributed by atoms with Crippen molar-refractivity contribution in [2.24, 2.45) is 11.7 Å². The molecular formula is C16H22N2O. The molecule has 3 rings (SSSR count). The molecule has 1 aromatic heterocycles. The van der Waals surface area contributed by atoms with Crippen LogP contribution in [0.4, 0.5) is 0 Å². The number of para-hydroxylation sites is 1. The SMILES string of the molecule is CC(C1CC1)N(C)Cc1oc2ccccc2c1CN. The average Bonchev–Trinajstić information content (AvgIpc) is 3.20. The van der Waals surface area contributed by atoms with Gasteiger partial charge in [-0.1, -0.05) is 18.2 Å². The second kappa shape index (κ2) is 4.99. The molecule has 1 aliphatic rings. The Hall–Kier alpha value is -1.32. The largest absolute Gasteiger partial charge is 0.459 e. The zero-order valence-electron chi connectivity index (χ0n) is 11.7. The van der Waals surface area contributed by atoms with Crippen LogP contribution in [0, 0.1) is 5.92 Å². The van der Waals surface area contributed by atoms with Gasteiger partial charge in [0.05, 0.1) is 6.54 Å². The van der Waals surface area contributed by atoms with Crippen molar-refractivity contribution in [1.29, 1.82) is 0 Å². The van der Waals surface area contributed by atoms with Crippen molar-refractivity contribution < 1.29 is 4.42 Å². The average molecular weight is 258 g/mol. The molecule has 2 aromatic rings. The quantitative estimate of drug-likeness (QED) is 0.896. The van der Waals surface area contributed by atoms with E-state index in [0.717, 1.165) is 34.8 Å². The van der Waals surface area contributed by atoms with E-state index in [4.69, 9.17) is 10.2 Å². The Bertz CT molecular complexity index is 571. The van der Waals surface area contributed by atoms with Crippen LogP contribution < -0.4 is 5.73 Å². The van der Waals surface area contributed by atoms with Crippen LogP contribution in [0.15, 0.2) is 28.7 Å². The topological polar surface area (TPSA) is 42.4 Å². The van der Waals surface area contributed by atoms with Gasteiger partial charge >= 0.3 is 0 Å². The first-order valence-electron chi connectivity index (χ1n) is 7.10. The van der Waals surface area contributed by atoms with Gasteiger partial charge in [0.15, 0.2) is 0 Å². The zero-order chi connectivity index (χ0) is 13.4. The Kier molecular flexibility index (Phi) is 3.33. The molecule has 1 unspecified atom stereocenters. The predicted molar refractivity (Wildman–Crippen MR) is 77.8 cm³/mol. The number of furan rings is 1. The van der Waals surface area contributed by atoms with Crippen molar-refractivity contribution in [3.8, 4) is 0 Å². The maximum atomic E-state index is 5.99. The van der Waals surface area contributed by atoms with Crippen molar-refractivity contribution in [2.75, 3.05) is 7.05 Å². The number of fused-ring (bicyclic) bond motifs is 1. The van der Waals surface area contributed by atoms with Crippen molar-refractivity contribution in [3.63, 3.8) is 0 Å². The molecular weight excluding hydrogens is 236 g/mol. The van der Waals surface area contributed by atoms with E-state index in [0.29, 0.717) is 12.6 Å². The molecule has 1 aliphatic carbocycles. The van der Waals surface area contributed by atoms with Crippen molar-refractivity contribution in [1.82, 2.24) is 4.90 Å². The third kappa shape index (κ3) is 2.40. The molecule has 1 atom stereocenters. The standard InChI is InChI=1S/C16H22N2O/c1-11(12-7-8-12)18(2)10-16-14(9-17)13-5-3-4-6-15(13)19-16/h3-6,11-12H,7-10,17H2,1-2H3. The molecule has 0 amide bonds. The van der Waals surface area contributed by atoms with E-state index in [1.165, 1.54) is 12.8 Å². The van der Waals surface area contributed by atoms with Gasteiger partial charge in [-0.15, -0.1) is 0 Å². The van der Waals surface area contributed by atoms with Crippen molar-refractivity contribution in [3.05, 3.63) is 35.6 Å². The highest BCUT2D eigenvalue weighted by Crippen LogP contribution is 2.35. The number of nitrogens with two attached hydrogens (primary N) is 1. The van der Waals surface area contributed by atoms with Gasteiger partial charge in [-0.3, -0.25) is 4.90 Å². The summed E-state index contributed by atoms with van der Waals surface area (Å²) in [6.07, 6.45) is 2.74. The third-order valence-electron chi connectivity index (χ3n) is 4.38. The molecule has 0 bridgehead atoms. The molecule has 0 saturated heterocycles. The van der Waals surface area contributed by atoms with Crippen LogP contribution in [-0.4, -0.2) is 18.0 Å². The molecule has 1 heterocycles. The molecule has 3 heteroatoms. The number of rotatable bonds is 5. The first-order chi connectivity index (χ1) is 9.20. The van der Waals surface area contributed by atoms with E-state index in [-0.39, 0.29) is 0 Å². The number of nitrogens with zero attached hydrogens (tertiary/aromatic N) is 1. The van der Waals surface area contributed by atoms with Gasteiger partial charge in [0.1, 0.15) is 11.3 Å².